The molecule has 1 aliphatic rings. The summed E-state index contributed by atoms with van der Waals surface area (Å²) < 4.78 is 1.94. The average molecular weight is 465 g/mol. The lowest BCUT2D eigenvalue weighted by molar-refractivity contribution is 0.410. The van der Waals surface area contributed by atoms with Crippen molar-refractivity contribution in [2.75, 3.05) is 32.5 Å². The summed E-state index contributed by atoms with van der Waals surface area (Å²) in [6, 6.07) is 7.90. The van der Waals surface area contributed by atoms with Crippen LogP contribution in [0.2, 0.25) is 5.02 Å². The molecule has 4 rings (SSSR count). The van der Waals surface area contributed by atoms with Crippen LogP contribution in [0.1, 0.15) is 22.5 Å². The smallest absolute Gasteiger partial charge is 0.228 e. The van der Waals surface area contributed by atoms with E-state index in [1.807, 2.05) is 50.2 Å². The Balaban J connectivity index is 1.55. The van der Waals surface area contributed by atoms with Gasteiger partial charge in [-0.3, -0.25) is 10.1 Å². The summed E-state index contributed by atoms with van der Waals surface area (Å²) >= 11 is 6.20. The first-order valence-electron chi connectivity index (χ1n) is 11.0. The van der Waals surface area contributed by atoms with E-state index in [1.165, 1.54) is 0 Å². The highest BCUT2D eigenvalue weighted by Gasteiger charge is 2.26. The van der Waals surface area contributed by atoms with E-state index in [0.29, 0.717) is 12.4 Å². The SMILES string of the molecule is CN(C)CCN/C=C\C(=N)Nc1ncc2c(n1)-c1c(nn(C)c1Cc1cccc(Cl)c1)CC2. The minimum atomic E-state index is 0.216. The second-order valence-corrected chi connectivity index (χ2v) is 8.83. The highest BCUT2D eigenvalue weighted by Crippen LogP contribution is 2.35. The third-order valence-electron chi connectivity index (χ3n) is 5.55. The van der Waals surface area contributed by atoms with Crippen LogP contribution in [0.5, 0.6) is 0 Å². The molecule has 3 aromatic rings. The first-order valence-corrected chi connectivity index (χ1v) is 11.3. The van der Waals surface area contributed by atoms with E-state index in [1.54, 1.807) is 12.3 Å². The van der Waals surface area contributed by atoms with Gasteiger partial charge in [-0.2, -0.15) is 5.10 Å². The molecule has 0 saturated heterocycles. The summed E-state index contributed by atoms with van der Waals surface area (Å²) in [6.07, 6.45) is 7.71. The van der Waals surface area contributed by atoms with Crippen molar-refractivity contribution in [3.05, 3.63) is 70.3 Å². The highest BCUT2D eigenvalue weighted by molar-refractivity contribution is 6.30. The van der Waals surface area contributed by atoms with Gasteiger partial charge >= 0.3 is 0 Å². The largest absolute Gasteiger partial charge is 0.389 e. The molecule has 0 aliphatic heterocycles. The van der Waals surface area contributed by atoms with Crippen LogP contribution in [-0.4, -0.2) is 57.7 Å². The summed E-state index contributed by atoms with van der Waals surface area (Å²) in [4.78, 5) is 11.3. The zero-order valence-corrected chi connectivity index (χ0v) is 19.9. The second-order valence-electron chi connectivity index (χ2n) is 8.40. The number of likely N-dealkylation sites (N-methyl/N-ethyl adjacent to an activating group) is 1. The number of rotatable bonds is 8. The summed E-state index contributed by atoms with van der Waals surface area (Å²) in [6.45, 7) is 1.73. The Kier molecular flexibility index (Phi) is 7.05. The van der Waals surface area contributed by atoms with Crippen molar-refractivity contribution in [2.24, 2.45) is 7.05 Å². The summed E-state index contributed by atoms with van der Waals surface area (Å²) in [5.41, 5.74) is 6.32. The van der Waals surface area contributed by atoms with Crippen molar-refractivity contribution in [3.63, 3.8) is 0 Å². The minimum absolute atomic E-state index is 0.216. The maximum Gasteiger partial charge on any atom is 0.228 e. The molecule has 1 aliphatic carbocycles. The van der Waals surface area contributed by atoms with Gasteiger partial charge in [0.05, 0.1) is 17.1 Å². The molecule has 0 unspecified atom stereocenters. The molecular formula is C24H29ClN8. The summed E-state index contributed by atoms with van der Waals surface area (Å²) in [5, 5.41) is 19.8. The van der Waals surface area contributed by atoms with Gasteiger partial charge in [-0.15, -0.1) is 0 Å². The molecule has 0 fully saturated rings. The Morgan fingerprint density at radius 1 is 1.30 bits per heavy atom. The van der Waals surface area contributed by atoms with Crippen LogP contribution < -0.4 is 10.6 Å². The Bertz CT molecular complexity index is 1180. The molecule has 2 heterocycles. The lowest BCUT2D eigenvalue weighted by Gasteiger charge is -2.17. The first-order chi connectivity index (χ1) is 15.9. The topological polar surface area (TPSA) is 94.8 Å². The summed E-state index contributed by atoms with van der Waals surface area (Å²) in [7, 11) is 6.02. The van der Waals surface area contributed by atoms with Gasteiger partial charge in [-0.1, -0.05) is 23.7 Å². The van der Waals surface area contributed by atoms with Crippen molar-refractivity contribution < 1.29 is 0 Å². The van der Waals surface area contributed by atoms with E-state index in [2.05, 4.69) is 26.6 Å². The van der Waals surface area contributed by atoms with Crippen molar-refractivity contribution >= 4 is 23.4 Å². The van der Waals surface area contributed by atoms with Crippen LogP contribution in [0.25, 0.3) is 11.3 Å². The molecule has 0 bridgehead atoms. The van der Waals surface area contributed by atoms with Gasteiger partial charge in [-0.25, -0.2) is 9.97 Å². The number of anilines is 1. The zero-order chi connectivity index (χ0) is 23.4. The van der Waals surface area contributed by atoms with Gasteiger partial charge in [0.15, 0.2) is 0 Å². The Morgan fingerprint density at radius 2 is 2.15 bits per heavy atom. The second kappa shape index (κ2) is 10.1. The molecule has 0 saturated carbocycles. The fraction of sp³-hybridized carbons (Fsp3) is 0.333. The van der Waals surface area contributed by atoms with Crippen molar-refractivity contribution in [1.29, 1.82) is 5.41 Å². The zero-order valence-electron chi connectivity index (χ0n) is 19.2. The third kappa shape index (κ3) is 5.58. The van der Waals surface area contributed by atoms with E-state index in [4.69, 9.17) is 27.1 Å². The Labute approximate surface area is 199 Å². The van der Waals surface area contributed by atoms with E-state index < -0.39 is 0 Å². The van der Waals surface area contributed by atoms with Gasteiger partial charge in [0.25, 0.3) is 0 Å². The van der Waals surface area contributed by atoms with Gasteiger partial charge in [-0.05, 0) is 56.3 Å². The molecule has 0 atom stereocenters. The van der Waals surface area contributed by atoms with E-state index >= 15 is 0 Å². The van der Waals surface area contributed by atoms with Crippen molar-refractivity contribution in [1.82, 2.24) is 30.0 Å². The van der Waals surface area contributed by atoms with Crippen LogP contribution in [0.4, 0.5) is 5.95 Å². The predicted molar refractivity (Wildman–Crippen MR) is 133 cm³/mol. The average Bonchev–Trinajstić information content (AvgIpc) is 3.08. The molecule has 8 nitrogen and oxygen atoms in total. The minimum Gasteiger partial charge on any atom is -0.389 e. The van der Waals surface area contributed by atoms with Crippen LogP contribution in [0.3, 0.4) is 0 Å². The van der Waals surface area contributed by atoms with Crippen LogP contribution in [0.15, 0.2) is 42.7 Å². The first kappa shape index (κ1) is 22.9. The van der Waals surface area contributed by atoms with E-state index in [-0.39, 0.29) is 5.84 Å². The number of halogens is 1. The molecular weight excluding hydrogens is 436 g/mol. The normalized spacial score (nSPS) is 12.6. The number of hydrogen-bond acceptors (Lipinski definition) is 6. The predicted octanol–water partition coefficient (Wildman–Crippen LogP) is 3.27. The number of nitrogens with zero attached hydrogens (tertiary/aromatic N) is 5. The number of aryl methyl sites for hydroxylation is 3. The number of aromatic nitrogens is 4. The van der Waals surface area contributed by atoms with Crippen LogP contribution >= 0.6 is 11.6 Å². The number of nitrogens with one attached hydrogen (secondary N) is 3. The Morgan fingerprint density at radius 3 is 2.94 bits per heavy atom. The number of fused-ring (bicyclic) bond motifs is 3. The third-order valence-corrected chi connectivity index (χ3v) is 5.78. The lowest BCUT2D eigenvalue weighted by Crippen LogP contribution is -2.23. The molecule has 1 aromatic carbocycles. The fourth-order valence-corrected chi connectivity index (χ4v) is 4.12. The lowest BCUT2D eigenvalue weighted by atomic mass is 9.91. The van der Waals surface area contributed by atoms with Gasteiger partial charge in [0.1, 0.15) is 5.84 Å². The Hall–Kier alpha value is -3.23. The maximum atomic E-state index is 8.19. The number of amidine groups is 1. The quantitative estimate of drug-likeness (QED) is 0.269. The van der Waals surface area contributed by atoms with Gasteiger partial charge < -0.3 is 15.5 Å². The molecule has 0 amide bonds. The van der Waals surface area contributed by atoms with Crippen molar-refractivity contribution in [2.45, 2.75) is 19.3 Å². The monoisotopic (exact) mass is 464 g/mol. The highest BCUT2D eigenvalue weighted by atomic mass is 35.5. The standard InChI is InChI=1S/C24H29ClN8/c1-32(2)12-11-27-10-9-21(26)29-24-28-15-17-7-8-19-22(23(17)30-24)20(33(3)31-19)14-16-5-4-6-18(25)13-16/h4-6,9-10,13,15,27H,7-8,11-12,14H2,1-3H3,(H2,26,28,29,30)/b10-9-. The molecule has 0 spiro atoms. The van der Waals surface area contributed by atoms with Crippen LogP contribution in [0, 0.1) is 5.41 Å². The maximum absolute atomic E-state index is 8.19. The van der Waals surface area contributed by atoms with Gasteiger partial charge in [0, 0.05) is 49.5 Å². The molecule has 9 heteroatoms. The van der Waals surface area contributed by atoms with E-state index in [9.17, 15) is 0 Å². The van der Waals surface area contributed by atoms with E-state index in [0.717, 1.165) is 64.7 Å². The molecule has 3 N–H and O–H groups in total. The molecule has 2 aromatic heterocycles. The van der Waals surface area contributed by atoms with Crippen molar-refractivity contribution in [3.8, 4) is 11.3 Å². The number of benzene rings is 1. The number of hydrogen-bond donors (Lipinski definition) is 3. The fourth-order valence-electron chi connectivity index (χ4n) is 3.91. The summed E-state index contributed by atoms with van der Waals surface area (Å²) in [5.74, 6) is 0.621. The molecule has 172 valence electrons. The van der Waals surface area contributed by atoms with Crippen LogP contribution in [-0.2, 0) is 26.3 Å². The molecule has 0 radical (unpaired) electrons. The molecule has 33 heavy (non-hydrogen) atoms. The van der Waals surface area contributed by atoms with Gasteiger partial charge in [0.2, 0.25) is 5.95 Å².